The third-order valence-electron chi connectivity index (χ3n) is 2.82. The second-order valence-corrected chi connectivity index (χ2v) is 5.53. The summed E-state index contributed by atoms with van der Waals surface area (Å²) >= 11 is 7.09. The highest BCUT2D eigenvalue weighted by Crippen LogP contribution is 2.33. The van der Waals surface area contributed by atoms with Crippen LogP contribution in [0.1, 0.15) is 15.9 Å². The first-order valence-electron chi connectivity index (χ1n) is 6.13. The van der Waals surface area contributed by atoms with Gasteiger partial charge in [0.2, 0.25) is 5.78 Å². The summed E-state index contributed by atoms with van der Waals surface area (Å²) < 4.78 is 37.7. The molecule has 0 aliphatic heterocycles. The van der Waals surface area contributed by atoms with E-state index in [0.29, 0.717) is 5.56 Å². The van der Waals surface area contributed by atoms with Crippen molar-refractivity contribution in [2.24, 2.45) is 0 Å². The number of thiophene rings is 1. The number of nitrogens with zero attached hydrogens (tertiary/aromatic N) is 1. The maximum atomic E-state index is 12.6. The molecule has 3 nitrogen and oxygen atoms in total. The molecular formula is C15H8ClF3N2OS. The molecule has 1 heterocycles. The Morgan fingerprint density at radius 2 is 2.09 bits per heavy atom. The molecule has 1 aromatic heterocycles. The first-order valence-corrected chi connectivity index (χ1v) is 7.45. The SMILES string of the molecule is N#CC(=CNc1ccc(C(F)(F)F)cc1Cl)C(=O)c1ccsc1. The Kier molecular flexibility index (Phi) is 5.08. The maximum Gasteiger partial charge on any atom is 0.416 e. The van der Waals surface area contributed by atoms with Gasteiger partial charge in [0.1, 0.15) is 11.6 Å². The largest absolute Gasteiger partial charge is 0.416 e. The summed E-state index contributed by atoms with van der Waals surface area (Å²) in [6.45, 7) is 0. The van der Waals surface area contributed by atoms with Crippen molar-refractivity contribution in [1.29, 1.82) is 5.26 Å². The summed E-state index contributed by atoms with van der Waals surface area (Å²) in [7, 11) is 0. The number of carbonyl (C=O) groups is 1. The van der Waals surface area contributed by atoms with E-state index in [1.165, 1.54) is 11.3 Å². The van der Waals surface area contributed by atoms with Gasteiger partial charge in [0, 0.05) is 17.1 Å². The van der Waals surface area contributed by atoms with Gasteiger partial charge in [-0.3, -0.25) is 4.79 Å². The standard InChI is InChI=1S/C15H8ClF3N2OS/c16-12-5-11(15(17,18)19)1-2-13(12)21-7-10(6-20)14(22)9-3-4-23-8-9/h1-5,7-8,21H. The van der Waals surface area contributed by atoms with E-state index in [1.807, 2.05) is 0 Å². The van der Waals surface area contributed by atoms with E-state index in [1.54, 1.807) is 22.9 Å². The molecule has 1 N–H and O–H groups in total. The number of hydrogen-bond acceptors (Lipinski definition) is 4. The predicted molar refractivity (Wildman–Crippen MR) is 82.4 cm³/mol. The molecule has 8 heteroatoms. The van der Waals surface area contributed by atoms with Crippen molar-refractivity contribution in [2.75, 3.05) is 5.32 Å². The summed E-state index contributed by atoms with van der Waals surface area (Å²) in [5.41, 5.74) is -0.542. The third-order valence-corrected chi connectivity index (χ3v) is 3.81. The number of hydrogen-bond donors (Lipinski definition) is 1. The summed E-state index contributed by atoms with van der Waals surface area (Å²) in [5, 5.41) is 14.7. The van der Waals surface area contributed by atoms with Crippen molar-refractivity contribution in [3.63, 3.8) is 0 Å². The quantitative estimate of drug-likeness (QED) is 0.470. The molecule has 0 saturated carbocycles. The second kappa shape index (κ2) is 6.86. The Morgan fingerprint density at radius 3 is 2.61 bits per heavy atom. The zero-order valence-electron chi connectivity index (χ0n) is 11.3. The number of alkyl halides is 3. The highest BCUT2D eigenvalue weighted by Gasteiger charge is 2.30. The number of Topliss-reactive ketones (excluding diaryl/α,β-unsaturated/α-hetero) is 1. The van der Waals surface area contributed by atoms with Crippen LogP contribution >= 0.6 is 22.9 Å². The van der Waals surface area contributed by atoms with Gasteiger partial charge in [0.25, 0.3) is 0 Å². The van der Waals surface area contributed by atoms with E-state index in [4.69, 9.17) is 16.9 Å². The Morgan fingerprint density at radius 1 is 1.35 bits per heavy atom. The minimum absolute atomic E-state index is 0.158. The molecule has 118 valence electrons. The molecule has 0 amide bonds. The van der Waals surface area contributed by atoms with Crippen LogP contribution in [0.3, 0.4) is 0 Å². The van der Waals surface area contributed by atoms with Crippen LogP contribution in [0.2, 0.25) is 5.02 Å². The lowest BCUT2D eigenvalue weighted by Crippen LogP contribution is -2.06. The van der Waals surface area contributed by atoms with E-state index in [2.05, 4.69) is 5.32 Å². The van der Waals surface area contributed by atoms with Crippen molar-refractivity contribution < 1.29 is 18.0 Å². The lowest BCUT2D eigenvalue weighted by Gasteiger charge is -2.10. The average molecular weight is 357 g/mol. The van der Waals surface area contributed by atoms with E-state index >= 15 is 0 Å². The average Bonchev–Trinajstić information content (AvgIpc) is 3.02. The molecule has 0 unspecified atom stereocenters. The lowest BCUT2D eigenvalue weighted by molar-refractivity contribution is -0.137. The Hall–Kier alpha value is -2.30. The highest BCUT2D eigenvalue weighted by molar-refractivity contribution is 7.08. The Labute approximate surface area is 138 Å². The first-order chi connectivity index (χ1) is 10.8. The van der Waals surface area contributed by atoms with Crippen LogP contribution in [0, 0.1) is 11.3 Å². The van der Waals surface area contributed by atoms with Gasteiger partial charge in [0.05, 0.1) is 16.3 Å². The van der Waals surface area contributed by atoms with Crippen molar-refractivity contribution in [2.45, 2.75) is 6.18 Å². The van der Waals surface area contributed by atoms with Gasteiger partial charge >= 0.3 is 6.18 Å². The van der Waals surface area contributed by atoms with Crippen molar-refractivity contribution in [3.05, 3.63) is 62.9 Å². The predicted octanol–water partition coefficient (Wildman–Crippen LogP) is 5.12. The Balaban J connectivity index is 2.22. The van der Waals surface area contributed by atoms with Gasteiger partial charge < -0.3 is 5.32 Å². The summed E-state index contributed by atoms with van der Waals surface area (Å²) in [6.07, 6.45) is -3.38. The maximum absolute atomic E-state index is 12.6. The number of rotatable bonds is 4. The molecule has 2 aromatic rings. The number of halogens is 4. The zero-order chi connectivity index (χ0) is 17.0. The van der Waals surface area contributed by atoms with Gasteiger partial charge in [-0.15, -0.1) is 0 Å². The van der Waals surface area contributed by atoms with E-state index in [0.717, 1.165) is 24.4 Å². The summed E-state index contributed by atoms with van der Waals surface area (Å²) in [5.74, 6) is -0.482. The van der Waals surface area contributed by atoms with E-state index in [9.17, 15) is 18.0 Å². The van der Waals surface area contributed by atoms with Crippen molar-refractivity contribution in [1.82, 2.24) is 0 Å². The van der Waals surface area contributed by atoms with Crippen LogP contribution in [0.15, 0.2) is 46.8 Å². The molecule has 0 radical (unpaired) electrons. The van der Waals surface area contributed by atoms with Gasteiger partial charge in [0.15, 0.2) is 0 Å². The number of anilines is 1. The van der Waals surface area contributed by atoms with Crippen molar-refractivity contribution >= 4 is 34.4 Å². The minimum Gasteiger partial charge on any atom is -0.359 e. The van der Waals surface area contributed by atoms with E-state index in [-0.39, 0.29) is 16.3 Å². The van der Waals surface area contributed by atoms with Crippen LogP contribution in [0.25, 0.3) is 0 Å². The van der Waals surface area contributed by atoms with Crippen LogP contribution in [-0.2, 0) is 6.18 Å². The number of ketones is 1. The molecule has 0 atom stereocenters. The monoisotopic (exact) mass is 356 g/mol. The first kappa shape index (κ1) is 17.1. The molecule has 0 spiro atoms. The third kappa shape index (κ3) is 4.12. The molecule has 0 saturated heterocycles. The Bertz CT molecular complexity index is 792. The number of nitriles is 1. The fourth-order valence-corrected chi connectivity index (χ4v) is 2.53. The van der Waals surface area contributed by atoms with Gasteiger partial charge in [-0.1, -0.05) is 11.6 Å². The molecule has 0 fully saturated rings. The number of carbonyl (C=O) groups excluding carboxylic acids is 1. The van der Waals surface area contributed by atoms with Gasteiger partial charge in [-0.2, -0.15) is 29.8 Å². The van der Waals surface area contributed by atoms with Gasteiger partial charge in [-0.25, -0.2) is 0 Å². The molecule has 0 aliphatic rings. The van der Waals surface area contributed by atoms with Crippen LogP contribution < -0.4 is 5.32 Å². The number of nitrogens with one attached hydrogen (secondary N) is 1. The minimum atomic E-state index is -4.50. The number of allylic oxidation sites excluding steroid dienone is 1. The topological polar surface area (TPSA) is 52.9 Å². The summed E-state index contributed by atoms with van der Waals surface area (Å²) in [4.78, 5) is 12.0. The van der Waals surface area contributed by atoms with Crippen LogP contribution in [0.4, 0.5) is 18.9 Å². The molecule has 0 aliphatic carbocycles. The molecule has 2 rings (SSSR count). The van der Waals surface area contributed by atoms with E-state index < -0.39 is 17.5 Å². The highest BCUT2D eigenvalue weighted by atomic mass is 35.5. The number of benzene rings is 1. The fourth-order valence-electron chi connectivity index (χ4n) is 1.66. The van der Waals surface area contributed by atoms with Crippen LogP contribution in [0.5, 0.6) is 0 Å². The zero-order valence-corrected chi connectivity index (χ0v) is 12.9. The lowest BCUT2D eigenvalue weighted by atomic mass is 10.1. The van der Waals surface area contributed by atoms with Crippen molar-refractivity contribution in [3.8, 4) is 6.07 Å². The molecule has 1 aromatic carbocycles. The molecule has 0 bridgehead atoms. The fraction of sp³-hybridized carbons (Fsp3) is 0.0667. The second-order valence-electron chi connectivity index (χ2n) is 4.35. The van der Waals surface area contributed by atoms with Gasteiger partial charge in [-0.05, 0) is 29.6 Å². The van der Waals surface area contributed by atoms with Crippen LogP contribution in [-0.4, -0.2) is 5.78 Å². The smallest absolute Gasteiger partial charge is 0.359 e. The normalized spacial score (nSPS) is 11.9. The molecule has 23 heavy (non-hydrogen) atoms. The summed E-state index contributed by atoms with van der Waals surface area (Å²) in [6, 6.07) is 6.07. The molecular weight excluding hydrogens is 349 g/mol.